The fraction of sp³-hybridized carbons (Fsp3) is 0.611. The van der Waals surface area contributed by atoms with E-state index in [2.05, 4.69) is 22.5 Å². The minimum atomic E-state index is -0.343. The second kappa shape index (κ2) is 8.77. The number of rotatable bonds is 6. The van der Waals surface area contributed by atoms with Crippen LogP contribution in [0.5, 0.6) is 0 Å². The van der Waals surface area contributed by atoms with Crippen LogP contribution in [0.25, 0.3) is 0 Å². The average molecular weight is 318 g/mol. The van der Waals surface area contributed by atoms with Gasteiger partial charge in [0, 0.05) is 31.4 Å². The van der Waals surface area contributed by atoms with Crippen LogP contribution < -0.4 is 15.5 Å². The first kappa shape index (κ1) is 17.6. The van der Waals surface area contributed by atoms with Crippen LogP contribution in [0.2, 0.25) is 0 Å². The van der Waals surface area contributed by atoms with Crippen LogP contribution in [0, 0.1) is 5.92 Å². The molecule has 2 N–H and O–H groups in total. The van der Waals surface area contributed by atoms with E-state index in [0.29, 0.717) is 12.1 Å². The smallest absolute Gasteiger partial charge is 0.341 e. The van der Waals surface area contributed by atoms with Gasteiger partial charge in [-0.1, -0.05) is 13.8 Å². The molecule has 0 saturated carbocycles. The molecule has 1 fully saturated rings. The predicted octanol–water partition coefficient (Wildman–Crippen LogP) is 3.03. The number of carbonyl (C=O) groups is 1. The van der Waals surface area contributed by atoms with Crippen molar-refractivity contribution in [1.29, 1.82) is 0 Å². The Morgan fingerprint density at radius 2 is 2.00 bits per heavy atom. The number of anilines is 1. The summed E-state index contributed by atoms with van der Waals surface area (Å²) in [6.07, 6.45) is 3.81. The van der Waals surface area contributed by atoms with Crippen LogP contribution in [-0.4, -0.2) is 36.9 Å². The van der Waals surface area contributed by atoms with Gasteiger partial charge in [0.2, 0.25) is 0 Å². The maximum Gasteiger partial charge on any atom is 0.341 e. The molecule has 0 aromatic heterocycles. The van der Waals surface area contributed by atoms with Crippen LogP contribution >= 0.6 is 0 Å². The van der Waals surface area contributed by atoms with Gasteiger partial charge in [0.25, 0.3) is 0 Å². The molecule has 1 aliphatic rings. The van der Waals surface area contributed by atoms with E-state index in [1.54, 1.807) is 0 Å². The number of benzene rings is 1. The second-order valence-corrected chi connectivity index (χ2v) is 6.36. The van der Waals surface area contributed by atoms with Gasteiger partial charge in [0.15, 0.2) is 0 Å². The van der Waals surface area contributed by atoms with Crippen molar-refractivity contribution in [2.75, 3.05) is 24.6 Å². The molecule has 0 bridgehead atoms. The van der Waals surface area contributed by atoms with Crippen molar-refractivity contribution in [3.05, 3.63) is 24.3 Å². The molecule has 0 spiro atoms. The fourth-order valence-corrected chi connectivity index (χ4v) is 2.86. The maximum absolute atomic E-state index is 11.9. The summed E-state index contributed by atoms with van der Waals surface area (Å²) in [6, 6.07) is 7.48. The van der Waals surface area contributed by atoms with Crippen molar-refractivity contribution in [2.45, 2.75) is 45.6 Å². The van der Waals surface area contributed by atoms with Crippen LogP contribution in [-0.2, 0) is 0 Å². The number of aliphatic hydroxyl groups excluding tert-OH is 1. The minimum Gasteiger partial charge on any atom is -0.396 e. The zero-order chi connectivity index (χ0) is 16.7. The van der Waals surface area contributed by atoms with Gasteiger partial charge < -0.3 is 15.3 Å². The molecule has 1 radical (unpaired) electrons. The lowest BCUT2D eigenvalue weighted by atomic mass is 9.99. The molecule has 5 heteroatoms. The van der Waals surface area contributed by atoms with Crippen LogP contribution in [0.1, 0.15) is 39.5 Å². The zero-order valence-electron chi connectivity index (χ0n) is 14.2. The minimum absolute atomic E-state index is 0.0223. The number of amides is 2. The molecule has 1 aliphatic heterocycles. The molecule has 5 nitrogen and oxygen atoms in total. The van der Waals surface area contributed by atoms with Gasteiger partial charge in [-0.25, -0.2) is 4.79 Å². The summed E-state index contributed by atoms with van der Waals surface area (Å²) in [6.45, 7) is 6.55. The van der Waals surface area contributed by atoms with Gasteiger partial charge >= 0.3 is 6.03 Å². The Bertz CT molecular complexity index is 482. The van der Waals surface area contributed by atoms with E-state index in [-0.39, 0.29) is 18.7 Å². The van der Waals surface area contributed by atoms with Gasteiger partial charge in [-0.3, -0.25) is 0 Å². The van der Waals surface area contributed by atoms with Crippen molar-refractivity contribution >= 4 is 17.4 Å². The SMILES string of the molecule is CCC(CCO)NC(=O)[N]c1ccc(N2CCC(C)CC2)cc1. The highest BCUT2D eigenvalue weighted by atomic mass is 16.3. The van der Waals surface area contributed by atoms with Crippen molar-refractivity contribution in [3.63, 3.8) is 0 Å². The number of hydrogen-bond acceptors (Lipinski definition) is 3. The van der Waals surface area contributed by atoms with Crippen LogP contribution in [0.4, 0.5) is 16.2 Å². The third kappa shape index (κ3) is 5.43. The average Bonchev–Trinajstić information content (AvgIpc) is 2.56. The number of piperidine rings is 1. The fourth-order valence-electron chi connectivity index (χ4n) is 2.86. The van der Waals surface area contributed by atoms with Crippen LogP contribution in [0.15, 0.2) is 24.3 Å². The van der Waals surface area contributed by atoms with Gasteiger partial charge in [-0.05, 0) is 55.9 Å². The quantitative estimate of drug-likeness (QED) is 0.847. The van der Waals surface area contributed by atoms with Gasteiger partial charge in [0.1, 0.15) is 0 Å². The first-order valence-electron chi connectivity index (χ1n) is 8.60. The highest BCUT2D eigenvalue weighted by molar-refractivity contribution is 5.79. The van der Waals surface area contributed by atoms with E-state index >= 15 is 0 Å². The summed E-state index contributed by atoms with van der Waals surface area (Å²) in [5.74, 6) is 0.814. The lowest BCUT2D eigenvalue weighted by molar-refractivity contribution is 0.230. The van der Waals surface area contributed by atoms with E-state index in [0.717, 1.165) is 25.4 Å². The Kier molecular flexibility index (Phi) is 6.71. The van der Waals surface area contributed by atoms with E-state index in [9.17, 15) is 4.79 Å². The number of nitrogens with zero attached hydrogens (tertiary/aromatic N) is 2. The Morgan fingerprint density at radius 3 is 2.57 bits per heavy atom. The predicted molar refractivity (Wildman–Crippen MR) is 93.2 cm³/mol. The molecule has 1 unspecified atom stereocenters. The van der Waals surface area contributed by atoms with Crippen molar-refractivity contribution < 1.29 is 9.90 Å². The zero-order valence-corrected chi connectivity index (χ0v) is 14.2. The van der Waals surface area contributed by atoms with Crippen molar-refractivity contribution in [2.24, 2.45) is 5.92 Å². The lowest BCUT2D eigenvalue weighted by Gasteiger charge is -2.32. The molecular formula is C18H28N3O2. The molecule has 1 heterocycles. The molecule has 0 aliphatic carbocycles. The van der Waals surface area contributed by atoms with Gasteiger partial charge in [-0.2, -0.15) is 5.32 Å². The highest BCUT2D eigenvalue weighted by Crippen LogP contribution is 2.24. The summed E-state index contributed by atoms with van der Waals surface area (Å²) < 4.78 is 0. The maximum atomic E-state index is 11.9. The molecule has 127 valence electrons. The van der Waals surface area contributed by atoms with Crippen LogP contribution in [0.3, 0.4) is 0 Å². The number of nitrogens with one attached hydrogen (secondary N) is 1. The topological polar surface area (TPSA) is 66.7 Å². The normalized spacial score (nSPS) is 16.9. The molecule has 1 aromatic carbocycles. The van der Waals surface area contributed by atoms with Gasteiger partial charge in [0.05, 0.1) is 5.69 Å². The summed E-state index contributed by atoms with van der Waals surface area (Å²) in [5, 5.41) is 15.9. The van der Waals surface area contributed by atoms with Crippen molar-refractivity contribution in [1.82, 2.24) is 10.6 Å². The van der Waals surface area contributed by atoms with Crippen molar-refractivity contribution in [3.8, 4) is 0 Å². The first-order valence-corrected chi connectivity index (χ1v) is 8.60. The third-order valence-electron chi connectivity index (χ3n) is 4.53. The summed E-state index contributed by atoms with van der Waals surface area (Å²) in [5.41, 5.74) is 1.86. The highest BCUT2D eigenvalue weighted by Gasteiger charge is 2.16. The van der Waals surface area contributed by atoms with E-state index in [4.69, 9.17) is 5.11 Å². The molecule has 2 rings (SSSR count). The largest absolute Gasteiger partial charge is 0.396 e. The first-order chi connectivity index (χ1) is 11.1. The lowest BCUT2D eigenvalue weighted by Crippen LogP contribution is -2.37. The Balaban J connectivity index is 1.86. The second-order valence-electron chi connectivity index (χ2n) is 6.36. The number of carbonyl (C=O) groups excluding carboxylic acids is 1. The van der Waals surface area contributed by atoms with E-state index in [1.165, 1.54) is 18.5 Å². The Hall–Kier alpha value is -1.75. The summed E-state index contributed by atoms with van der Waals surface area (Å²) in [7, 11) is 0. The number of aliphatic hydroxyl groups is 1. The number of hydrogen-bond donors (Lipinski definition) is 2. The van der Waals surface area contributed by atoms with E-state index < -0.39 is 0 Å². The molecule has 1 saturated heterocycles. The Labute approximate surface area is 139 Å². The Morgan fingerprint density at radius 1 is 1.35 bits per heavy atom. The summed E-state index contributed by atoms with van der Waals surface area (Å²) >= 11 is 0. The molecular weight excluding hydrogens is 290 g/mol. The summed E-state index contributed by atoms with van der Waals surface area (Å²) in [4.78, 5) is 14.3. The molecule has 23 heavy (non-hydrogen) atoms. The molecule has 1 aromatic rings. The molecule has 1 atom stereocenters. The number of urea groups is 1. The van der Waals surface area contributed by atoms with Gasteiger partial charge in [-0.15, -0.1) is 0 Å². The standard InChI is InChI=1S/C18H28N3O2/c1-3-15(10-13-22)19-18(23)20-16-4-6-17(7-5-16)21-11-8-14(2)9-12-21/h4-7,14-15,22H,3,8-13H2,1-2H3,(H,19,23). The monoisotopic (exact) mass is 318 g/mol. The van der Waals surface area contributed by atoms with E-state index in [1.807, 2.05) is 31.2 Å². The third-order valence-corrected chi connectivity index (χ3v) is 4.53. The molecule has 2 amide bonds.